The van der Waals surface area contributed by atoms with E-state index in [1.807, 2.05) is 0 Å². The molecule has 0 bridgehead atoms. The number of rotatable bonds is 5. The van der Waals surface area contributed by atoms with Crippen molar-refractivity contribution < 1.29 is 33.0 Å². The Morgan fingerprint density at radius 3 is 1.76 bits per heavy atom. The van der Waals surface area contributed by atoms with E-state index in [2.05, 4.69) is 10.6 Å². The van der Waals surface area contributed by atoms with Crippen LogP contribution in [-0.2, 0) is 15.0 Å². The molecule has 1 atom stereocenters. The van der Waals surface area contributed by atoms with Crippen molar-refractivity contribution in [2.75, 3.05) is 10.6 Å². The van der Waals surface area contributed by atoms with Crippen molar-refractivity contribution in [1.29, 1.82) is 0 Å². The highest BCUT2D eigenvalue weighted by Gasteiger charge is 2.53. The van der Waals surface area contributed by atoms with Gasteiger partial charge in [-0.15, -0.1) is 0 Å². The number of phenolic OH excluding ortho intramolecular Hbond substituents is 2. The van der Waals surface area contributed by atoms with E-state index in [-0.39, 0.29) is 40.4 Å². The highest BCUT2D eigenvalue weighted by molar-refractivity contribution is 5.92. The van der Waals surface area contributed by atoms with E-state index in [0.29, 0.717) is 0 Å². The second-order valence-electron chi connectivity index (χ2n) is 6.67. The highest BCUT2D eigenvalue weighted by atomic mass is 19.4. The first-order valence-electron chi connectivity index (χ1n) is 8.71. The van der Waals surface area contributed by atoms with Crippen molar-refractivity contribution in [3.63, 3.8) is 0 Å². The Morgan fingerprint density at radius 1 is 0.931 bits per heavy atom. The normalized spacial score (nSPS) is 13.4. The summed E-state index contributed by atoms with van der Waals surface area (Å²) >= 11 is 0. The molecule has 0 spiro atoms. The molecule has 0 fully saturated rings. The Bertz CT molecular complexity index is 944. The SMILES string of the molecule is CCC(=O)Nc1cc(C(C)(c2ccc(O)c(NC(C)=O)c2)C(F)(F)F)ccc1O. The van der Waals surface area contributed by atoms with Crippen molar-refractivity contribution in [3.05, 3.63) is 47.5 Å². The van der Waals surface area contributed by atoms with Gasteiger partial charge in [-0.2, -0.15) is 13.2 Å². The minimum atomic E-state index is -4.78. The van der Waals surface area contributed by atoms with Crippen LogP contribution in [0, 0.1) is 0 Å². The first-order valence-corrected chi connectivity index (χ1v) is 8.71. The van der Waals surface area contributed by atoms with Gasteiger partial charge in [0.2, 0.25) is 11.8 Å². The van der Waals surface area contributed by atoms with Gasteiger partial charge in [-0.3, -0.25) is 9.59 Å². The van der Waals surface area contributed by atoms with Crippen LogP contribution in [0.5, 0.6) is 11.5 Å². The number of benzene rings is 2. The smallest absolute Gasteiger partial charge is 0.402 e. The molecule has 2 aromatic rings. The van der Waals surface area contributed by atoms with Gasteiger partial charge in [-0.25, -0.2) is 0 Å². The van der Waals surface area contributed by atoms with Crippen LogP contribution in [0.4, 0.5) is 24.5 Å². The van der Waals surface area contributed by atoms with E-state index in [1.54, 1.807) is 6.92 Å². The van der Waals surface area contributed by atoms with Gasteiger partial charge in [0.05, 0.1) is 11.4 Å². The lowest BCUT2D eigenvalue weighted by molar-refractivity contribution is -0.173. The number of aromatic hydroxyl groups is 2. The van der Waals surface area contributed by atoms with Gasteiger partial charge < -0.3 is 20.8 Å². The van der Waals surface area contributed by atoms with Crippen molar-refractivity contribution in [3.8, 4) is 11.5 Å². The molecule has 0 aliphatic heterocycles. The van der Waals surface area contributed by atoms with E-state index in [0.717, 1.165) is 50.2 Å². The van der Waals surface area contributed by atoms with Gasteiger partial charge in [-0.05, 0) is 42.3 Å². The number of nitrogens with one attached hydrogen (secondary N) is 2. The predicted molar refractivity (Wildman–Crippen MR) is 102 cm³/mol. The quantitative estimate of drug-likeness (QED) is 0.553. The molecular weight excluding hydrogens is 389 g/mol. The Balaban J connectivity index is 2.67. The van der Waals surface area contributed by atoms with Gasteiger partial charge in [0.1, 0.15) is 16.9 Å². The maximum Gasteiger partial charge on any atom is 0.402 e. The van der Waals surface area contributed by atoms with E-state index in [1.165, 1.54) is 0 Å². The van der Waals surface area contributed by atoms with Crippen molar-refractivity contribution >= 4 is 23.2 Å². The molecule has 0 saturated carbocycles. The van der Waals surface area contributed by atoms with Crippen LogP contribution in [0.2, 0.25) is 0 Å². The molecule has 29 heavy (non-hydrogen) atoms. The summed E-state index contributed by atoms with van der Waals surface area (Å²) in [6.45, 7) is 3.67. The zero-order chi connectivity index (χ0) is 22.0. The Kier molecular flexibility index (Phi) is 6.10. The molecular formula is C20H21F3N2O4. The average molecular weight is 410 g/mol. The predicted octanol–water partition coefficient (Wildman–Crippen LogP) is 4.27. The fraction of sp³-hybridized carbons (Fsp3) is 0.300. The third-order valence-corrected chi connectivity index (χ3v) is 4.62. The van der Waals surface area contributed by atoms with E-state index >= 15 is 0 Å². The number of halogens is 3. The zero-order valence-corrected chi connectivity index (χ0v) is 16.0. The number of carbonyl (C=O) groups excluding carboxylic acids is 2. The standard InChI is InChI=1S/C20H21F3N2O4/c1-4-18(29)25-15-10-13(6-8-17(15)28)19(3,20(21,22)23)12-5-7-16(27)14(9-12)24-11(2)26/h5-10,27-28H,4H2,1-3H3,(H,24,26)(H,25,29). The maximum atomic E-state index is 14.2. The minimum Gasteiger partial charge on any atom is -0.506 e. The molecule has 0 aliphatic carbocycles. The summed E-state index contributed by atoms with van der Waals surface area (Å²) < 4.78 is 42.7. The summed E-state index contributed by atoms with van der Waals surface area (Å²) in [5, 5.41) is 24.4. The fourth-order valence-corrected chi connectivity index (χ4v) is 2.82. The third-order valence-electron chi connectivity index (χ3n) is 4.62. The van der Waals surface area contributed by atoms with Crippen LogP contribution in [0.3, 0.4) is 0 Å². The van der Waals surface area contributed by atoms with Gasteiger partial charge in [0.25, 0.3) is 0 Å². The maximum absolute atomic E-state index is 14.2. The van der Waals surface area contributed by atoms with Crippen LogP contribution >= 0.6 is 0 Å². The molecule has 0 radical (unpaired) electrons. The van der Waals surface area contributed by atoms with Crippen LogP contribution in [0.25, 0.3) is 0 Å². The first-order chi connectivity index (χ1) is 13.4. The molecule has 0 saturated heterocycles. The van der Waals surface area contributed by atoms with Gasteiger partial charge in [0.15, 0.2) is 0 Å². The van der Waals surface area contributed by atoms with Gasteiger partial charge >= 0.3 is 6.18 Å². The zero-order valence-electron chi connectivity index (χ0n) is 16.0. The molecule has 4 N–H and O–H groups in total. The average Bonchev–Trinajstić information content (AvgIpc) is 2.63. The summed E-state index contributed by atoms with van der Waals surface area (Å²) in [5.74, 6) is -1.77. The number of hydrogen-bond acceptors (Lipinski definition) is 4. The first kappa shape index (κ1) is 22.1. The van der Waals surface area contributed by atoms with Crippen LogP contribution in [-0.4, -0.2) is 28.2 Å². The summed E-state index contributed by atoms with van der Waals surface area (Å²) in [7, 11) is 0. The summed E-state index contributed by atoms with van der Waals surface area (Å²) in [4.78, 5) is 22.9. The Hall–Kier alpha value is -3.23. The summed E-state index contributed by atoms with van der Waals surface area (Å²) in [6, 6.07) is 6.44. The number of carbonyl (C=O) groups is 2. The van der Waals surface area contributed by atoms with Crippen molar-refractivity contribution in [1.82, 2.24) is 0 Å². The molecule has 2 amide bonds. The van der Waals surface area contributed by atoms with Crippen molar-refractivity contribution in [2.24, 2.45) is 0 Å². The number of hydrogen-bond donors (Lipinski definition) is 4. The van der Waals surface area contributed by atoms with E-state index < -0.39 is 23.4 Å². The molecule has 0 heterocycles. The Morgan fingerprint density at radius 2 is 1.38 bits per heavy atom. The monoisotopic (exact) mass is 410 g/mol. The lowest BCUT2D eigenvalue weighted by atomic mass is 9.75. The largest absolute Gasteiger partial charge is 0.506 e. The van der Waals surface area contributed by atoms with Gasteiger partial charge in [0, 0.05) is 13.3 Å². The molecule has 2 aromatic carbocycles. The molecule has 156 valence electrons. The van der Waals surface area contributed by atoms with E-state index in [9.17, 15) is 33.0 Å². The lowest BCUT2D eigenvalue weighted by Gasteiger charge is -2.34. The third kappa shape index (κ3) is 4.44. The Labute approximate surface area is 165 Å². The van der Waals surface area contributed by atoms with Gasteiger partial charge in [-0.1, -0.05) is 19.1 Å². The number of anilines is 2. The summed E-state index contributed by atoms with van der Waals surface area (Å²) in [5.41, 5.74) is -3.36. The van der Waals surface area contributed by atoms with Crippen LogP contribution in [0.15, 0.2) is 36.4 Å². The van der Waals surface area contributed by atoms with Crippen molar-refractivity contribution in [2.45, 2.75) is 38.8 Å². The number of amides is 2. The van der Waals surface area contributed by atoms with Crippen LogP contribution in [0.1, 0.15) is 38.3 Å². The number of phenols is 2. The van der Waals surface area contributed by atoms with Crippen LogP contribution < -0.4 is 10.6 Å². The second-order valence-corrected chi connectivity index (χ2v) is 6.67. The molecule has 0 aromatic heterocycles. The lowest BCUT2D eigenvalue weighted by Crippen LogP contribution is -2.40. The number of alkyl halides is 3. The van der Waals surface area contributed by atoms with E-state index in [4.69, 9.17) is 0 Å². The molecule has 9 heteroatoms. The molecule has 0 aliphatic rings. The molecule has 1 unspecified atom stereocenters. The second kappa shape index (κ2) is 8.02. The minimum absolute atomic E-state index is 0.0816. The molecule has 6 nitrogen and oxygen atoms in total. The highest BCUT2D eigenvalue weighted by Crippen LogP contribution is 2.48. The fourth-order valence-electron chi connectivity index (χ4n) is 2.82. The molecule has 2 rings (SSSR count). The topological polar surface area (TPSA) is 98.7 Å². The summed E-state index contributed by atoms with van der Waals surface area (Å²) in [6.07, 6.45) is -4.70.